The molecule has 0 saturated carbocycles. The Morgan fingerprint density at radius 3 is 2.04 bits per heavy atom. The fraction of sp³-hybridized carbons (Fsp3) is 0.591. The minimum Gasteiger partial charge on any atom is -0.342 e. The molecule has 2 fully saturated rings. The topological polar surface area (TPSA) is 69.7 Å². The first-order valence-corrected chi connectivity index (χ1v) is 10.4. The molecule has 2 aliphatic rings. The van der Waals surface area contributed by atoms with Crippen molar-refractivity contribution in [2.75, 3.05) is 26.2 Å². The molecule has 6 nitrogen and oxygen atoms in total. The maximum Gasteiger partial charge on any atom is 0.251 e. The van der Waals surface area contributed by atoms with E-state index in [1.165, 1.54) is 0 Å². The number of benzene rings is 1. The predicted molar refractivity (Wildman–Crippen MR) is 108 cm³/mol. The van der Waals surface area contributed by atoms with Crippen molar-refractivity contribution in [1.82, 2.24) is 15.1 Å². The fourth-order valence-electron chi connectivity index (χ4n) is 4.15. The molecule has 0 aliphatic carbocycles. The largest absolute Gasteiger partial charge is 0.342 e. The minimum absolute atomic E-state index is 0.0173. The highest BCUT2D eigenvalue weighted by atomic mass is 16.2. The molecule has 0 bridgehead atoms. The third kappa shape index (κ3) is 4.72. The molecule has 28 heavy (non-hydrogen) atoms. The first kappa shape index (κ1) is 20.4. The van der Waals surface area contributed by atoms with Crippen LogP contribution >= 0.6 is 0 Å². The van der Waals surface area contributed by atoms with Crippen molar-refractivity contribution in [2.24, 2.45) is 11.8 Å². The van der Waals surface area contributed by atoms with Gasteiger partial charge in [-0.25, -0.2) is 0 Å². The van der Waals surface area contributed by atoms with Crippen molar-refractivity contribution in [3.05, 3.63) is 35.9 Å². The molecule has 3 rings (SSSR count). The maximum atomic E-state index is 13.2. The zero-order chi connectivity index (χ0) is 20.1. The summed E-state index contributed by atoms with van der Waals surface area (Å²) in [4.78, 5) is 41.9. The Morgan fingerprint density at radius 1 is 0.893 bits per heavy atom. The molecule has 1 unspecified atom stereocenters. The lowest BCUT2D eigenvalue weighted by molar-refractivity contribution is -0.137. The van der Waals surface area contributed by atoms with Crippen molar-refractivity contribution >= 4 is 17.7 Å². The molecule has 1 aromatic carbocycles. The van der Waals surface area contributed by atoms with Crippen LogP contribution in [0.25, 0.3) is 0 Å². The van der Waals surface area contributed by atoms with E-state index in [-0.39, 0.29) is 29.6 Å². The van der Waals surface area contributed by atoms with Crippen molar-refractivity contribution in [1.29, 1.82) is 0 Å². The van der Waals surface area contributed by atoms with Gasteiger partial charge in [0, 0.05) is 37.7 Å². The Kier molecular flexibility index (Phi) is 6.70. The van der Waals surface area contributed by atoms with Crippen LogP contribution in [0.4, 0.5) is 0 Å². The molecule has 152 valence electrons. The summed E-state index contributed by atoms with van der Waals surface area (Å²) in [5.41, 5.74) is 0.564. The van der Waals surface area contributed by atoms with Gasteiger partial charge in [-0.05, 0) is 43.7 Å². The van der Waals surface area contributed by atoms with Gasteiger partial charge in [-0.1, -0.05) is 32.0 Å². The molecule has 0 aromatic heterocycles. The molecule has 2 saturated heterocycles. The van der Waals surface area contributed by atoms with Gasteiger partial charge in [0.05, 0.1) is 0 Å². The van der Waals surface area contributed by atoms with Gasteiger partial charge in [-0.15, -0.1) is 0 Å². The maximum absolute atomic E-state index is 13.2. The monoisotopic (exact) mass is 385 g/mol. The average molecular weight is 386 g/mol. The van der Waals surface area contributed by atoms with E-state index in [4.69, 9.17) is 0 Å². The lowest BCUT2D eigenvalue weighted by Gasteiger charge is -2.37. The Hall–Kier alpha value is -2.37. The molecule has 0 spiro atoms. The van der Waals surface area contributed by atoms with Crippen LogP contribution in [0.1, 0.15) is 49.9 Å². The molecule has 1 aromatic rings. The van der Waals surface area contributed by atoms with Crippen LogP contribution in [-0.2, 0) is 9.59 Å². The summed E-state index contributed by atoms with van der Waals surface area (Å²) in [6.45, 7) is 6.64. The van der Waals surface area contributed by atoms with Crippen molar-refractivity contribution in [3.8, 4) is 0 Å². The van der Waals surface area contributed by atoms with Gasteiger partial charge in [-0.3, -0.25) is 14.4 Å². The van der Waals surface area contributed by atoms with Gasteiger partial charge in [0.1, 0.15) is 6.04 Å². The second-order valence-electron chi connectivity index (χ2n) is 8.17. The fourth-order valence-corrected chi connectivity index (χ4v) is 4.15. The number of likely N-dealkylation sites (tertiary alicyclic amines) is 2. The summed E-state index contributed by atoms with van der Waals surface area (Å²) in [5.74, 6) is 0.0109. The van der Waals surface area contributed by atoms with Gasteiger partial charge < -0.3 is 15.1 Å². The predicted octanol–water partition coefficient (Wildman–Crippen LogP) is 2.30. The summed E-state index contributed by atoms with van der Waals surface area (Å²) >= 11 is 0. The van der Waals surface area contributed by atoms with Crippen molar-refractivity contribution in [3.63, 3.8) is 0 Å². The first-order chi connectivity index (χ1) is 13.5. The van der Waals surface area contributed by atoms with Crippen molar-refractivity contribution < 1.29 is 14.4 Å². The number of rotatable bonds is 5. The van der Waals surface area contributed by atoms with Crippen LogP contribution < -0.4 is 5.32 Å². The van der Waals surface area contributed by atoms with E-state index in [1.807, 2.05) is 41.8 Å². The van der Waals surface area contributed by atoms with E-state index in [2.05, 4.69) is 5.32 Å². The molecule has 6 heteroatoms. The van der Waals surface area contributed by atoms with E-state index in [9.17, 15) is 14.4 Å². The normalized spacial score (nSPS) is 19.0. The lowest BCUT2D eigenvalue weighted by atomic mass is 9.87. The minimum atomic E-state index is -0.526. The molecule has 1 N–H and O–H groups in total. The van der Waals surface area contributed by atoms with Gasteiger partial charge in [-0.2, -0.15) is 0 Å². The zero-order valence-corrected chi connectivity index (χ0v) is 16.9. The molecule has 2 heterocycles. The van der Waals surface area contributed by atoms with Crippen LogP contribution in [0.2, 0.25) is 0 Å². The molecular formula is C22H31N3O3. The Labute approximate surface area is 167 Å². The van der Waals surface area contributed by atoms with E-state index in [0.717, 1.165) is 38.8 Å². The van der Waals surface area contributed by atoms with E-state index in [1.54, 1.807) is 12.1 Å². The van der Waals surface area contributed by atoms with E-state index in [0.29, 0.717) is 18.7 Å². The Morgan fingerprint density at radius 2 is 1.46 bits per heavy atom. The van der Waals surface area contributed by atoms with Crippen LogP contribution in [0, 0.1) is 11.8 Å². The van der Waals surface area contributed by atoms with Crippen LogP contribution in [0.3, 0.4) is 0 Å². The smallest absolute Gasteiger partial charge is 0.251 e. The van der Waals surface area contributed by atoms with E-state index < -0.39 is 6.04 Å². The number of hydrogen-bond donors (Lipinski definition) is 1. The molecular weight excluding hydrogens is 354 g/mol. The number of piperidine rings is 1. The highest BCUT2D eigenvalue weighted by Crippen LogP contribution is 2.24. The summed E-state index contributed by atoms with van der Waals surface area (Å²) in [6.07, 6.45) is 3.51. The van der Waals surface area contributed by atoms with Gasteiger partial charge in [0.2, 0.25) is 11.8 Å². The van der Waals surface area contributed by atoms with Crippen LogP contribution in [-0.4, -0.2) is 59.7 Å². The molecule has 1 atom stereocenters. The highest BCUT2D eigenvalue weighted by Gasteiger charge is 2.37. The third-order valence-electron chi connectivity index (χ3n) is 5.82. The molecule has 0 radical (unpaired) electrons. The van der Waals surface area contributed by atoms with Gasteiger partial charge >= 0.3 is 0 Å². The number of nitrogens with zero attached hydrogens (tertiary/aromatic N) is 2. The Bertz CT molecular complexity index is 690. The van der Waals surface area contributed by atoms with Crippen molar-refractivity contribution in [2.45, 2.75) is 45.6 Å². The Balaban J connectivity index is 1.70. The number of nitrogens with one attached hydrogen (secondary N) is 1. The summed E-state index contributed by atoms with van der Waals surface area (Å²) in [5, 5.41) is 3.01. The van der Waals surface area contributed by atoms with Gasteiger partial charge in [0.15, 0.2) is 0 Å². The first-order valence-electron chi connectivity index (χ1n) is 10.4. The molecule has 3 amide bonds. The second-order valence-corrected chi connectivity index (χ2v) is 8.17. The quantitative estimate of drug-likeness (QED) is 0.846. The third-order valence-corrected chi connectivity index (χ3v) is 5.82. The summed E-state index contributed by atoms with van der Waals surface area (Å²) in [6, 6.07) is 8.50. The van der Waals surface area contributed by atoms with Crippen LogP contribution in [0.5, 0.6) is 0 Å². The number of carbonyl (C=O) groups excluding carboxylic acids is 3. The number of amides is 3. The average Bonchev–Trinajstić information content (AvgIpc) is 3.26. The highest BCUT2D eigenvalue weighted by molar-refractivity contribution is 5.97. The summed E-state index contributed by atoms with van der Waals surface area (Å²) < 4.78 is 0. The van der Waals surface area contributed by atoms with Gasteiger partial charge in [0.25, 0.3) is 5.91 Å². The summed E-state index contributed by atoms with van der Waals surface area (Å²) in [7, 11) is 0. The van der Waals surface area contributed by atoms with E-state index >= 15 is 0 Å². The SMILES string of the molecule is CC(C)C(=O)N1CCC(C(NC(=O)c2ccccc2)C(=O)N2CCCC2)CC1. The number of hydrogen-bond acceptors (Lipinski definition) is 3. The lowest BCUT2D eigenvalue weighted by Crippen LogP contribution is -2.54. The second kappa shape index (κ2) is 9.22. The van der Waals surface area contributed by atoms with Crippen LogP contribution in [0.15, 0.2) is 30.3 Å². The number of carbonyl (C=O) groups is 3. The molecule has 2 aliphatic heterocycles. The standard InChI is InChI=1S/C22H31N3O3/c1-16(2)21(27)25-14-10-17(11-15-25)19(22(28)24-12-6-7-13-24)23-20(26)18-8-4-3-5-9-18/h3-5,8-9,16-17,19H,6-7,10-15H2,1-2H3,(H,23,26). The zero-order valence-electron chi connectivity index (χ0n) is 16.9.